The van der Waals surface area contributed by atoms with E-state index < -0.39 is 0 Å². The summed E-state index contributed by atoms with van der Waals surface area (Å²) in [4.78, 5) is 19.3. The molecule has 1 fully saturated rings. The Morgan fingerprint density at radius 1 is 1.18 bits per heavy atom. The summed E-state index contributed by atoms with van der Waals surface area (Å²) in [6.45, 7) is 5.14. The second kappa shape index (κ2) is 9.69. The van der Waals surface area contributed by atoms with E-state index in [1.807, 2.05) is 54.5 Å². The SMILES string of the molecule is CCCCOc1ccc(C2CC3C(=O)N(Cc4nc(-c5cccc(C)c5)no4)C=CN3N2)cc1. The van der Waals surface area contributed by atoms with Crippen molar-refractivity contribution in [3.63, 3.8) is 0 Å². The number of aromatic nitrogens is 2. The summed E-state index contributed by atoms with van der Waals surface area (Å²) < 4.78 is 11.2. The summed E-state index contributed by atoms with van der Waals surface area (Å²) in [5, 5.41) is 5.98. The monoisotopic (exact) mass is 459 g/mol. The van der Waals surface area contributed by atoms with Gasteiger partial charge in [0.2, 0.25) is 11.7 Å². The molecule has 2 aliphatic heterocycles. The number of hydrogen-bond donors (Lipinski definition) is 1. The Labute approximate surface area is 199 Å². The van der Waals surface area contributed by atoms with Crippen molar-refractivity contribution in [2.24, 2.45) is 0 Å². The molecule has 2 aliphatic rings. The van der Waals surface area contributed by atoms with Crippen molar-refractivity contribution in [1.29, 1.82) is 0 Å². The standard InChI is InChI=1S/C26H29N5O3/c1-3-4-14-33-21-10-8-19(9-11-21)22-16-23-26(32)30(12-13-31(23)28-22)17-24-27-25(29-34-24)20-7-5-6-18(2)15-20/h5-13,15,22-23,28H,3-4,14,16-17H2,1-2H3. The molecule has 5 rings (SSSR count). The number of carbonyl (C=O) groups is 1. The van der Waals surface area contributed by atoms with Crippen molar-refractivity contribution >= 4 is 5.91 Å². The van der Waals surface area contributed by atoms with Gasteiger partial charge >= 0.3 is 0 Å². The van der Waals surface area contributed by atoms with Crippen molar-refractivity contribution in [3.8, 4) is 17.1 Å². The molecular formula is C26H29N5O3. The normalized spacial score (nSPS) is 19.5. The topological polar surface area (TPSA) is 83.7 Å². The van der Waals surface area contributed by atoms with E-state index in [0.29, 0.717) is 18.1 Å². The number of aryl methyl sites for hydroxylation is 1. The van der Waals surface area contributed by atoms with Crippen LogP contribution in [0.15, 0.2) is 65.5 Å². The molecule has 0 radical (unpaired) electrons. The van der Waals surface area contributed by atoms with Gasteiger partial charge in [-0.15, -0.1) is 0 Å². The van der Waals surface area contributed by atoms with Crippen LogP contribution in [0.25, 0.3) is 11.4 Å². The number of amides is 1. The molecule has 3 heterocycles. The van der Waals surface area contributed by atoms with Gasteiger partial charge in [0.05, 0.1) is 12.6 Å². The van der Waals surface area contributed by atoms with E-state index >= 15 is 0 Å². The molecule has 2 atom stereocenters. The van der Waals surface area contributed by atoms with Crippen LogP contribution < -0.4 is 10.2 Å². The van der Waals surface area contributed by atoms with Crippen molar-refractivity contribution in [2.75, 3.05) is 6.61 Å². The Morgan fingerprint density at radius 3 is 2.82 bits per heavy atom. The van der Waals surface area contributed by atoms with Crippen LogP contribution >= 0.6 is 0 Å². The van der Waals surface area contributed by atoms with Crippen LogP contribution in [0.5, 0.6) is 5.75 Å². The molecule has 0 aliphatic carbocycles. The van der Waals surface area contributed by atoms with Crippen LogP contribution in [-0.2, 0) is 11.3 Å². The average Bonchev–Trinajstić information content (AvgIpc) is 3.49. The fourth-order valence-corrected chi connectivity index (χ4v) is 4.28. The molecule has 1 N–H and O–H groups in total. The van der Waals surface area contributed by atoms with Gasteiger partial charge in [0, 0.05) is 18.0 Å². The Hall–Kier alpha value is -3.65. The second-order valence-electron chi connectivity index (χ2n) is 8.76. The van der Waals surface area contributed by atoms with Crippen LogP contribution in [0.2, 0.25) is 0 Å². The number of benzene rings is 2. The first-order valence-electron chi connectivity index (χ1n) is 11.8. The number of nitrogens with zero attached hydrogens (tertiary/aromatic N) is 4. The van der Waals surface area contributed by atoms with Crippen LogP contribution in [0.4, 0.5) is 0 Å². The molecule has 2 unspecified atom stereocenters. The quantitative estimate of drug-likeness (QED) is 0.501. The fourth-order valence-electron chi connectivity index (χ4n) is 4.28. The lowest BCUT2D eigenvalue weighted by atomic mass is 10.0. The number of carbonyl (C=O) groups excluding carboxylic acids is 1. The first-order chi connectivity index (χ1) is 16.6. The largest absolute Gasteiger partial charge is 0.494 e. The van der Waals surface area contributed by atoms with E-state index in [2.05, 4.69) is 34.6 Å². The van der Waals surface area contributed by atoms with E-state index in [1.165, 1.54) is 0 Å². The van der Waals surface area contributed by atoms with Crippen LogP contribution in [0, 0.1) is 6.92 Å². The van der Waals surface area contributed by atoms with Gasteiger partial charge in [0.1, 0.15) is 18.3 Å². The lowest BCUT2D eigenvalue weighted by molar-refractivity contribution is -0.135. The molecule has 1 amide bonds. The molecule has 3 aromatic rings. The molecule has 2 aromatic carbocycles. The number of nitrogens with one attached hydrogen (secondary N) is 1. The first kappa shape index (κ1) is 22.2. The molecule has 176 valence electrons. The Balaban J connectivity index is 1.21. The number of hydrazine groups is 1. The third kappa shape index (κ3) is 4.68. The van der Waals surface area contributed by atoms with Crippen molar-refractivity contribution in [3.05, 3.63) is 77.9 Å². The summed E-state index contributed by atoms with van der Waals surface area (Å²) in [6.07, 6.45) is 6.49. The summed E-state index contributed by atoms with van der Waals surface area (Å²) in [7, 11) is 0. The van der Waals surface area contributed by atoms with Gasteiger partial charge in [-0.1, -0.05) is 54.4 Å². The predicted octanol–water partition coefficient (Wildman–Crippen LogP) is 4.36. The van der Waals surface area contributed by atoms with Gasteiger partial charge < -0.3 is 19.2 Å². The van der Waals surface area contributed by atoms with E-state index in [4.69, 9.17) is 9.26 Å². The molecule has 0 saturated carbocycles. The van der Waals surface area contributed by atoms with Gasteiger partial charge in [-0.05, 0) is 43.5 Å². The average molecular weight is 460 g/mol. The summed E-state index contributed by atoms with van der Waals surface area (Å²) >= 11 is 0. The van der Waals surface area contributed by atoms with Crippen LogP contribution in [0.1, 0.15) is 49.2 Å². The van der Waals surface area contributed by atoms with Crippen molar-refractivity contribution < 1.29 is 14.1 Å². The van der Waals surface area contributed by atoms with Gasteiger partial charge in [0.15, 0.2) is 0 Å². The molecule has 8 nitrogen and oxygen atoms in total. The van der Waals surface area contributed by atoms with Gasteiger partial charge in [-0.2, -0.15) is 4.98 Å². The molecule has 34 heavy (non-hydrogen) atoms. The minimum Gasteiger partial charge on any atom is -0.494 e. The highest BCUT2D eigenvalue weighted by Gasteiger charge is 2.40. The second-order valence-corrected chi connectivity index (χ2v) is 8.76. The predicted molar refractivity (Wildman–Crippen MR) is 127 cm³/mol. The lowest BCUT2D eigenvalue weighted by Gasteiger charge is -2.30. The maximum atomic E-state index is 13.2. The number of rotatable bonds is 8. The van der Waals surface area contributed by atoms with Gasteiger partial charge in [-0.3, -0.25) is 4.79 Å². The van der Waals surface area contributed by atoms with E-state index in [0.717, 1.165) is 41.9 Å². The highest BCUT2D eigenvalue weighted by Crippen LogP contribution is 2.32. The van der Waals surface area contributed by atoms with Crippen molar-refractivity contribution in [1.82, 2.24) is 25.5 Å². The highest BCUT2D eigenvalue weighted by atomic mass is 16.5. The Bertz CT molecular complexity index is 1170. The molecule has 1 saturated heterocycles. The fraction of sp³-hybridized carbons (Fsp3) is 0.346. The zero-order valence-electron chi connectivity index (χ0n) is 19.5. The molecule has 8 heteroatoms. The maximum Gasteiger partial charge on any atom is 0.251 e. The molecule has 0 bridgehead atoms. The van der Waals surface area contributed by atoms with E-state index in [-0.39, 0.29) is 24.5 Å². The molecule has 0 spiro atoms. The van der Waals surface area contributed by atoms with Crippen LogP contribution in [-0.4, -0.2) is 38.6 Å². The molecule has 1 aromatic heterocycles. The Morgan fingerprint density at radius 2 is 2.03 bits per heavy atom. The summed E-state index contributed by atoms with van der Waals surface area (Å²) in [6, 6.07) is 15.8. The number of ether oxygens (including phenoxy) is 1. The number of fused-ring (bicyclic) bond motifs is 1. The molecular weight excluding hydrogens is 430 g/mol. The minimum atomic E-state index is -0.283. The zero-order chi connectivity index (χ0) is 23.5. The van der Waals surface area contributed by atoms with Crippen molar-refractivity contribution in [2.45, 2.75) is 51.7 Å². The Kier molecular flexibility index (Phi) is 6.31. The first-order valence-corrected chi connectivity index (χ1v) is 11.8. The van der Waals surface area contributed by atoms with Gasteiger partial charge in [0.25, 0.3) is 5.91 Å². The maximum absolute atomic E-state index is 13.2. The number of hydrogen-bond acceptors (Lipinski definition) is 7. The third-order valence-electron chi connectivity index (χ3n) is 6.17. The summed E-state index contributed by atoms with van der Waals surface area (Å²) in [5.74, 6) is 1.81. The van der Waals surface area contributed by atoms with Gasteiger partial charge in [-0.25, -0.2) is 5.43 Å². The highest BCUT2D eigenvalue weighted by molar-refractivity contribution is 5.84. The van der Waals surface area contributed by atoms with Crippen LogP contribution in [0.3, 0.4) is 0 Å². The van der Waals surface area contributed by atoms with E-state index in [9.17, 15) is 4.79 Å². The zero-order valence-corrected chi connectivity index (χ0v) is 19.5. The lowest BCUT2D eigenvalue weighted by Crippen LogP contribution is -2.47. The third-order valence-corrected chi connectivity index (χ3v) is 6.17. The minimum absolute atomic E-state index is 0.00678. The van der Waals surface area contributed by atoms with E-state index in [1.54, 1.807) is 11.1 Å². The smallest absolute Gasteiger partial charge is 0.251 e. The number of unbranched alkanes of at least 4 members (excludes halogenated alkanes) is 1. The summed E-state index contributed by atoms with van der Waals surface area (Å²) in [5.41, 5.74) is 6.58.